The van der Waals surface area contributed by atoms with Gasteiger partial charge in [-0.3, -0.25) is 0 Å². The Morgan fingerprint density at radius 1 is 1.40 bits per heavy atom. The smallest absolute Gasteiger partial charge is 0.00671 e. The van der Waals surface area contributed by atoms with Crippen molar-refractivity contribution in [1.82, 2.24) is 0 Å². The molecular formula is C14H29N. The summed E-state index contributed by atoms with van der Waals surface area (Å²) in [5.74, 6) is 0.780. The third kappa shape index (κ3) is 2.55. The molecule has 15 heavy (non-hydrogen) atoms. The molecule has 0 saturated heterocycles. The molecular weight excluding hydrogens is 182 g/mol. The van der Waals surface area contributed by atoms with Crippen molar-refractivity contribution in [1.29, 1.82) is 0 Å². The molecule has 0 spiro atoms. The van der Waals surface area contributed by atoms with E-state index in [0.29, 0.717) is 16.9 Å². The van der Waals surface area contributed by atoms with E-state index in [0.717, 1.165) is 5.92 Å². The first-order valence-corrected chi connectivity index (χ1v) is 6.59. The van der Waals surface area contributed by atoms with Crippen LogP contribution in [-0.2, 0) is 0 Å². The Labute approximate surface area is 95.8 Å². The second-order valence-electron chi connectivity index (χ2n) is 6.47. The second-order valence-corrected chi connectivity index (χ2v) is 6.47. The van der Waals surface area contributed by atoms with E-state index < -0.39 is 0 Å². The van der Waals surface area contributed by atoms with E-state index in [4.69, 9.17) is 5.73 Å². The minimum atomic E-state index is 0.323. The third-order valence-electron chi connectivity index (χ3n) is 5.01. The molecule has 4 unspecified atom stereocenters. The summed E-state index contributed by atoms with van der Waals surface area (Å²) in [4.78, 5) is 0. The molecule has 1 heteroatoms. The van der Waals surface area contributed by atoms with Crippen LogP contribution < -0.4 is 5.73 Å². The van der Waals surface area contributed by atoms with E-state index in [1.54, 1.807) is 0 Å². The lowest BCUT2D eigenvalue weighted by Crippen LogP contribution is -2.48. The monoisotopic (exact) mass is 211 g/mol. The number of nitrogens with two attached hydrogens (primary N) is 1. The molecule has 1 saturated carbocycles. The zero-order valence-electron chi connectivity index (χ0n) is 11.3. The van der Waals surface area contributed by atoms with Gasteiger partial charge in [0.1, 0.15) is 0 Å². The molecule has 1 nitrogen and oxygen atoms in total. The van der Waals surface area contributed by atoms with E-state index in [1.807, 2.05) is 0 Å². The van der Waals surface area contributed by atoms with E-state index in [9.17, 15) is 0 Å². The predicted octanol–water partition coefficient (Wildman–Crippen LogP) is 3.97. The summed E-state index contributed by atoms with van der Waals surface area (Å²) in [5.41, 5.74) is 7.10. The van der Waals surface area contributed by atoms with Gasteiger partial charge in [0.2, 0.25) is 0 Å². The summed E-state index contributed by atoms with van der Waals surface area (Å²) in [6.07, 6.45) is 6.73. The summed E-state index contributed by atoms with van der Waals surface area (Å²) in [6.45, 7) is 11.7. The fraction of sp³-hybridized carbons (Fsp3) is 1.00. The highest BCUT2D eigenvalue weighted by Gasteiger charge is 2.44. The molecule has 2 N–H and O–H groups in total. The van der Waals surface area contributed by atoms with Gasteiger partial charge >= 0.3 is 0 Å². The third-order valence-corrected chi connectivity index (χ3v) is 5.01. The van der Waals surface area contributed by atoms with Crippen molar-refractivity contribution in [3.8, 4) is 0 Å². The summed E-state index contributed by atoms with van der Waals surface area (Å²) in [5, 5.41) is 0. The molecule has 0 aliphatic heterocycles. The van der Waals surface area contributed by atoms with Crippen LogP contribution in [-0.4, -0.2) is 6.04 Å². The second kappa shape index (κ2) is 4.45. The molecule has 0 bridgehead atoms. The lowest BCUT2D eigenvalue weighted by molar-refractivity contribution is 0.0108. The molecule has 0 aromatic carbocycles. The average molecular weight is 211 g/mol. The molecule has 1 aliphatic carbocycles. The SMILES string of the molecule is CCCC1(C)CCC(C)C(C)(C(C)N)C1. The standard InChI is InChI=1S/C14H29N/c1-6-8-13(4)9-7-11(2)14(5,10-13)12(3)15/h11-12H,6-10,15H2,1-5H3. The first-order valence-electron chi connectivity index (χ1n) is 6.59. The lowest BCUT2D eigenvalue weighted by Gasteiger charge is -2.51. The Morgan fingerprint density at radius 3 is 2.47 bits per heavy atom. The average Bonchev–Trinajstić information content (AvgIpc) is 2.12. The topological polar surface area (TPSA) is 26.0 Å². The maximum absolute atomic E-state index is 6.21. The molecule has 0 heterocycles. The summed E-state index contributed by atoms with van der Waals surface area (Å²) < 4.78 is 0. The minimum Gasteiger partial charge on any atom is -0.327 e. The Kier molecular flexibility index (Phi) is 3.86. The summed E-state index contributed by atoms with van der Waals surface area (Å²) in [7, 11) is 0. The first-order chi connectivity index (χ1) is 6.84. The summed E-state index contributed by atoms with van der Waals surface area (Å²) >= 11 is 0. The molecule has 1 fully saturated rings. The molecule has 1 aliphatic rings. The van der Waals surface area contributed by atoms with Crippen LogP contribution in [0.4, 0.5) is 0 Å². The van der Waals surface area contributed by atoms with E-state index in [-0.39, 0.29) is 0 Å². The van der Waals surface area contributed by atoms with Gasteiger partial charge in [0, 0.05) is 6.04 Å². The maximum atomic E-state index is 6.21. The van der Waals surface area contributed by atoms with Gasteiger partial charge in [0.15, 0.2) is 0 Å². The van der Waals surface area contributed by atoms with Crippen LogP contribution in [0.25, 0.3) is 0 Å². The molecule has 0 aromatic heterocycles. The fourth-order valence-electron chi connectivity index (χ4n) is 3.50. The largest absolute Gasteiger partial charge is 0.327 e. The highest BCUT2D eigenvalue weighted by Crippen LogP contribution is 2.52. The number of hydrogen-bond donors (Lipinski definition) is 1. The van der Waals surface area contributed by atoms with E-state index >= 15 is 0 Å². The quantitative estimate of drug-likeness (QED) is 0.751. The highest BCUT2D eigenvalue weighted by atomic mass is 14.7. The molecule has 0 amide bonds. The van der Waals surface area contributed by atoms with Crippen molar-refractivity contribution >= 4 is 0 Å². The minimum absolute atomic E-state index is 0.323. The zero-order valence-corrected chi connectivity index (χ0v) is 11.3. The van der Waals surface area contributed by atoms with Crippen LogP contribution in [0.5, 0.6) is 0 Å². The van der Waals surface area contributed by atoms with Crippen molar-refractivity contribution in [2.24, 2.45) is 22.5 Å². The van der Waals surface area contributed by atoms with Crippen LogP contribution in [0.3, 0.4) is 0 Å². The predicted molar refractivity (Wildman–Crippen MR) is 67.8 cm³/mol. The van der Waals surface area contributed by atoms with Gasteiger partial charge in [-0.05, 0) is 49.4 Å². The molecule has 90 valence electrons. The molecule has 0 aromatic rings. The Balaban J connectivity index is 2.80. The van der Waals surface area contributed by atoms with E-state index in [2.05, 4.69) is 34.6 Å². The van der Waals surface area contributed by atoms with Crippen molar-refractivity contribution in [2.45, 2.75) is 72.8 Å². The van der Waals surface area contributed by atoms with Gasteiger partial charge in [-0.25, -0.2) is 0 Å². The van der Waals surface area contributed by atoms with Crippen LogP contribution >= 0.6 is 0 Å². The maximum Gasteiger partial charge on any atom is 0.00671 e. The van der Waals surface area contributed by atoms with Gasteiger partial charge in [-0.2, -0.15) is 0 Å². The van der Waals surface area contributed by atoms with Crippen LogP contribution in [0.2, 0.25) is 0 Å². The van der Waals surface area contributed by atoms with Crippen molar-refractivity contribution < 1.29 is 0 Å². The van der Waals surface area contributed by atoms with Crippen LogP contribution in [0.1, 0.15) is 66.7 Å². The van der Waals surface area contributed by atoms with Gasteiger partial charge in [-0.1, -0.05) is 34.1 Å². The number of hydrogen-bond acceptors (Lipinski definition) is 1. The normalized spacial score (nSPS) is 44.0. The van der Waals surface area contributed by atoms with Gasteiger partial charge in [0.25, 0.3) is 0 Å². The Hall–Kier alpha value is -0.0400. The highest BCUT2D eigenvalue weighted by molar-refractivity contribution is 4.97. The van der Waals surface area contributed by atoms with Crippen molar-refractivity contribution in [3.63, 3.8) is 0 Å². The number of rotatable bonds is 3. The first kappa shape index (κ1) is 13.0. The Morgan fingerprint density at radius 2 is 2.00 bits per heavy atom. The Bertz CT molecular complexity index is 211. The van der Waals surface area contributed by atoms with Crippen LogP contribution in [0.15, 0.2) is 0 Å². The summed E-state index contributed by atoms with van der Waals surface area (Å²) in [6, 6.07) is 0.323. The van der Waals surface area contributed by atoms with Crippen molar-refractivity contribution in [2.75, 3.05) is 0 Å². The zero-order chi connectivity index (χ0) is 11.7. The van der Waals surface area contributed by atoms with Crippen molar-refractivity contribution in [3.05, 3.63) is 0 Å². The molecule has 1 rings (SSSR count). The van der Waals surface area contributed by atoms with Crippen LogP contribution in [0, 0.1) is 16.7 Å². The van der Waals surface area contributed by atoms with E-state index in [1.165, 1.54) is 32.1 Å². The molecule has 0 radical (unpaired) electrons. The van der Waals surface area contributed by atoms with Gasteiger partial charge in [0.05, 0.1) is 0 Å². The van der Waals surface area contributed by atoms with Gasteiger partial charge < -0.3 is 5.73 Å². The fourth-order valence-corrected chi connectivity index (χ4v) is 3.50. The lowest BCUT2D eigenvalue weighted by atomic mass is 9.55. The van der Waals surface area contributed by atoms with Gasteiger partial charge in [-0.15, -0.1) is 0 Å². The molecule has 4 atom stereocenters.